The summed E-state index contributed by atoms with van der Waals surface area (Å²) in [6, 6.07) is 8.30. The van der Waals surface area contributed by atoms with E-state index in [9.17, 15) is 4.79 Å². The summed E-state index contributed by atoms with van der Waals surface area (Å²) in [5.74, 6) is 0.990. The Bertz CT molecular complexity index is 448. The van der Waals surface area contributed by atoms with Crippen LogP contribution in [-0.2, 0) is 4.79 Å². The first-order chi connectivity index (χ1) is 9.79. The standard InChI is InChI=1S/C16H22N2O2/c19-16(18-13-5-6-13)11-17-12-7-9-15(10-8-12)20-14-3-1-2-4-14/h7-10,13-14,17H,1-6,11H2,(H,18,19). The van der Waals surface area contributed by atoms with Crippen molar-refractivity contribution < 1.29 is 9.53 Å². The normalized spacial score (nSPS) is 18.8. The molecule has 1 amide bonds. The Morgan fingerprint density at radius 3 is 2.45 bits per heavy atom. The molecule has 0 aromatic heterocycles. The molecular formula is C16H22N2O2. The van der Waals surface area contributed by atoms with E-state index in [1.807, 2.05) is 24.3 Å². The van der Waals surface area contributed by atoms with Crippen LogP contribution in [0.5, 0.6) is 5.75 Å². The van der Waals surface area contributed by atoms with Crippen LogP contribution in [0.4, 0.5) is 5.69 Å². The molecule has 2 aliphatic rings. The summed E-state index contributed by atoms with van der Waals surface area (Å²) in [6.07, 6.45) is 7.53. The van der Waals surface area contributed by atoms with Gasteiger partial charge in [0.15, 0.2) is 0 Å². The Morgan fingerprint density at radius 2 is 1.80 bits per heavy atom. The van der Waals surface area contributed by atoms with Crippen molar-refractivity contribution in [3.05, 3.63) is 24.3 Å². The van der Waals surface area contributed by atoms with Gasteiger partial charge in [0.1, 0.15) is 5.75 Å². The molecule has 3 rings (SSSR count). The third kappa shape index (κ3) is 3.89. The fraction of sp³-hybridized carbons (Fsp3) is 0.562. The number of rotatable bonds is 6. The number of amides is 1. The molecule has 0 unspecified atom stereocenters. The Balaban J connectivity index is 1.44. The maximum absolute atomic E-state index is 11.6. The first-order valence-electron chi connectivity index (χ1n) is 7.59. The summed E-state index contributed by atoms with van der Waals surface area (Å²) in [4.78, 5) is 11.6. The number of anilines is 1. The van der Waals surface area contributed by atoms with Gasteiger partial charge in [-0.1, -0.05) is 0 Å². The van der Waals surface area contributed by atoms with Crippen LogP contribution in [0.2, 0.25) is 0 Å². The smallest absolute Gasteiger partial charge is 0.239 e. The lowest BCUT2D eigenvalue weighted by Gasteiger charge is -2.13. The van der Waals surface area contributed by atoms with Gasteiger partial charge in [-0.15, -0.1) is 0 Å². The molecule has 0 spiro atoms. The predicted molar refractivity (Wildman–Crippen MR) is 79.0 cm³/mol. The predicted octanol–water partition coefficient (Wildman–Crippen LogP) is 2.70. The third-order valence-electron chi connectivity index (χ3n) is 3.85. The van der Waals surface area contributed by atoms with Crippen LogP contribution in [0.1, 0.15) is 38.5 Å². The van der Waals surface area contributed by atoms with Gasteiger partial charge in [0.25, 0.3) is 0 Å². The zero-order valence-corrected chi connectivity index (χ0v) is 11.7. The molecule has 4 heteroatoms. The third-order valence-corrected chi connectivity index (χ3v) is 3.85. The lowest BCUT2D eigenvalue weighted by molar-refractivity contribution is -0.119. The molecule has 0 saturated heterocycles. The maximum atomic E-state index is 11.6. The van der Waals surface area contributed by atoms with Crippen LogP contribution in [0.15, 0.2) is 24.3 Å². The SMILES string of the molecule is O=C(CNc1ccc(OC2CCCC2)cc1)NC1CC1. The first-order valence-corrected chi connectivity index (χ1v) is 7.59. The first kappa shape index (κ1) is 13.3. The van der Waals surface area contributed by atoms with Gasteiger partial charge in [-0.05, 0) is 62.8 Å². The van der Waals surface area contributed by atoms with Crippen LogP contribution < -0.4 is 15.4 Å². The molecule has 4 nitrogen and oxygen atoms in total. The highest BCUT2D eigenvalue weighted by Crippen LogP contribution is 2.25. The van der Waals surface area contributed by atoms with Crippen LogP contribution in [0.3, 0.4) is 0 Å². The zero-order valence-electron chi connectivity index (χ0n) is 11.7. The summed E-state index contributed by atoms with van der Waals surface area (Å²) in [7, 11) is 0. The van der Waals surface area contributed by atoms with Crippen molar-refractivity contribution in [3.63, 3.8) is 0 Å². The quantitative estimate of drug-likeness (QED) is 0.838. The van der Waals surface area contributed by atoms with E-state index in [0.717, 1.165) is 24.3 Å². The Labute approximate surface area is 119 Å². The number of benzene rings is 1. The van der Waals surface area contributed by atoms with Gasteiger partial charge in [0, 0.05) is 11.7 Å². The second kappa shape index (κ2) is 6.16. The Hall–Kier alpha value is -1.71. The summed E-state index contributed by atoms with van der Waals surface area (Å²) < 4.78 is 5.91. The average molecular weight is 274 g/mol. The summed E-state index contributed by atoms with van der Waals surface area (Å²) in [5.41, 5.74) is 0.953. The second-order valence-electron chi connectivity index (χ2n) is 5.74. The van der Waals surface area contributed by atoms with Gasteiger partial charge in [-0.2, -0.15) is 0 Å². The molecule has 2 fully saturated rings. The topological polar surface area (TPSA) is 50.4 Å². The van der Waals surface area contributed by atoms with Crippen molar-refractivity contribution in [2.45, 2.75) is 50.7 Å². The molecule has 0 radical (unpaired) electrons. The number of ether oxygens (including phenoxy) is 1. The average Bonchev–Trinajstić information content (AvgIpc) is 3.12. The number of hydrogen-bond donors (Lipinski definition) is 2. The van der Waals surface area contributed by atoms with Gasteiger partial charge < -0.3 is 15.4 Å². The molecule has 108 valence electrons. The highest BCUT2D eigenvalue weighted by Gasteiger charge is 2.22. The maximum Gasteiger partial charge on any atom is 0.239 e. The van der Waals surface area contributed by atoms with Crippen molar-refractivity contribution in [1.29, 1.82) is 0 Å². The van der Waals surface area contributed by atoms with E-state index in [2.05, 4.69) is 10.6 Å². The van der Waals surface area contributed by atoms with Gasteiger partial charge in [-0.25, -0.2) is 0 Å². The molecular weight excluding hydrogens is 252 g/mol. The minimum atomic E-state index is 0.0683. The number of nitrogens with one attached hydrogen (secondary N) is 2. The zero-order chi connectivity index (χ0) is 13.8. The van der Waals surface area contributed by atoms with Crippen molar-refractivity contribution >= 4 is 11.6 Å². The molecule has 0 bridgehead atoms. The number of hydrogen-bond acceptors (Lipinski definition) is 3. The minimum absolute atomic E-state index is 0.0683. The Kier molecular flexibility index (Phi) is 4.09. The monoisotopic (exact) mass is 274 g/mol. The summed E-state index contributed by atoms with van der Waals surface area (Å²) in [5, 5.41) is 6.09. The van der Waals surface area contributed by atoms with Crippen LogP contribution >= 0.6 is 0 Å². The molecule has 0 atom stereocenters. The Morgan fingerprint density at radius 1 is 1.10 bits per heavy atom. The molecule has 1 aromatic carbocycles. The van der Waals surface area contributed by atoms with Crippen LogP contribution in [0, 0.1) is 0 Å². The van der Waals surface area contributed by atoms with Gasteiger partial charge >= 0.3 is 0 Å². The van der Waals surface area contributed by atoms with Gasteiger partial charge in [-0.3, -0.25) is 4.79 Å². The molecule has 20 heavy (non-hydrogen) atoms. The molecule has 1 aromatic rings. The fourth-order valence-electron chi connectivity index (χ4n) is 2.54. The van der Waals surface area contributed by atoms with E-state index in [1.165, 1.54) is 25.7 Å². The number of carbonyl (C=O) groups is 1. The molecule has 2 saturated carbocycles. The summed E-state index contributed by atoms with van der Waals surface area (Å²) in [6.45, 7) is 0.333. The highest BCUT2D eigenvalue weighted by atomic mass is 16.5. The van der Waals surface area contributed by atoms with Crippen LogP contribution in [-0.4, -0.2) is 24.6 Å². The van der Waals surface area contributed by atoms with Crippen molar-refractivity contribution in [2.75, 3.05) is 11.9 Å². The highest BCUT2D eigenvalue weighted by molar-refractivity contribution is 5.81. The van der Waals surface area contributed by atoms with Gasteiger partial charge in [0.05, 0.1) is 12.6 Å². The number of carbonyl (C=O) groups excluding carboxylic acids is 1. The van der Waals surface area contributed by atoms with Crippen molar-refractivity contribution in [2.24, 2.45) is 0 Å². The van der Waals surface area contributed by atoms with Gasteiger partial charge in [0.2, 0.25) is 5.91 Å². The largest absolute Gasteiger partial charge is 0.490 e. The van der Waals surface area contributed by atoms with Crippen molar-refractivity contribution in [1.82, 2.24) is 5.32 Å². The van der Waals surface area contributed by atoms with E-state index >= 15 is 0 Å². The molecule has 0 aliphatic heterocycles. The lowest BCUT2D eigenvalue weighted by atomic mass is 10.2. The second-order valence-corrected chi connectivity index (χ2v) is 5.74. The minimum Gasteiger partial charge on any atom is -0.490 e. The van der Waals surface area contributed by atoms with Crippen molar-refractivity contribution in [3.8, 4) is 5.75 Å². The van der Waals surface area contributed by atoms with E-state index in [0.29, 0.717) is 18.7 Å². The molecule has 2 N–H and O–H groups in total. The van der Waals surface area contributed by atoms with E-state index < -0.39 is 0 Å². The molecule has 0 heterocycles. The fourth-order valence-corrected chi connectivity index (χ4v) is 2.54. The van der Waals surface area contributed by atoms with E-state index in [1.54, 1.807) is 0 Å². The summed E-state index contributed by atoms with van der Waals surface area (Å²) >= 11 is 0. The lowest BCUT2D eigenvalue weighted by Crippen LogP contribution is -2.31. The van der Waals surface area contributed by atoms with Crippen LogP contribution in [0.25, 0.3) is 0 Å². The van der Waals surface area contributed by atoms with E-state index in [-0.39, 0.29) is 5.91 Å². The molecule has 2 aliphatic carbocycles. The van der Waals surface area contributed by atoms with E-state index in [4.69, 9.17) is 4.74 Å².